The Morgan fingerprint density at radius 1 is 0.917 bits per heavy atom. The lowest BCUT2D eigenvalue weighted by molar-refractivity contribution is -0.305. The van der Waals surface area contributed by atoms with Crippen LogP contribution in [0.15, 0.2) is 12.2 Å². The van der Waals surface area contributed by atoms with E-state index >= 15 is 0 Å². The largest absolute Gasteiger partial charge is 0.466 e. The molecule has 14 heteroatoms. The first-order valence-electron chi connectivity index (χ1n) is 10.7. The quantitative estimate of drug-likeness (QED) is 0.219. The van der Waals surface area contributed by atoms with E-state index in [4.69, 9.17) is 28.4 Å². The number of ether oxygens (including phenoxy) is 7. The maximum atomic E-state index is 12.7. The van der Waals surface area contributed by atoms with Crippen molar-refractivity contribution in [2.75, 3.05) is 21.3 Å². The number of carbonyl (C=O) groups excluding carboxylic acids is 6. The molecule has 202 valence electrons. The molecule has 0 aliphatic carbocycles. The van der Waals surface area contributed by atoms with Gasteiger partial charge >= 0.3 is 29.8 Å². The molecular formula is C22H31NO13. The van der Waals surface area contributed by atoms with Gasteiger partial charge < -0.3 is 38.5 Å². The highest BCUT2D eigenvalue weighted by molar-refractivity contribution is 5.82. The van der Waals surface area contributed by atoms with Crippen LogP contribution in [0.1, 0.15) is 34.1 Å². The summed E-state index contributed by atoms with van der Waals surface area (Å²) in [5, 5.41) is 2.55. The van der Waals surface area contributed by atoms with Crippen molar-refractivity contribution in [3.05, 3.63) is 12.2 Å². The summed E-state index contributed by atoms with van der Waals surface area (Å²) in [6, 6.07) is -1.24. The third-order valence-corrected chi connectivity index (χ3v) is 4.94. The van der Waals surface area contributed by atoms with Crippen molar-refractivity contribution in [3.8, 4) is 0 Å². The Morgan fingerprint density at radius 2 is 1.53 bits per heavy atom. The lowest BCUT2D eigenvalue weighted by Crippen LogP contribution is -2.68. The fourth-order valence-corrected chi connectivity index (χ4v) is 3.62. The SMILES string of the molecule is COC(=O)/C=C/[C@@H](OC(C)=O)[C@@H](OC(C)=O)[C@@H]1O[C@](OC)(C(=O)OC)C[C@H](OC(C)=O)[C@H]1NC(C)=O. The number of carbonyl (C=O) groups is 6. The molecular weight excluding hydrogens is 486 g/mol. The van der Waals surface area contributed by atoms with Crippen LogP contribution < -0.4 is 5.32 Å². The number of amides is 1. The first-order valence-corrected chi connectivity index (χ1v) is 10.7. The zero-order valence-corrected chi connectivity index (χ0v) is 21.1. The van der Waals surface area contributed by atoms with Crippen LogP contribution in [0.25, 0.3) is 0 Å². The van der Waals surface area contributed by atoms with Gasteiger partial charge in [0.25, 0.3) is 5.79 Å². The summed E-state index contributed by atoms with van der Waals surface area (Å²) < 4.78 is 36.6. The zero-order chi connectivity index (χ0) is 27.6. The Kier molecular flexibility index (Phi) is 11.5. The van der Waals surface area contributed by atoms with E-state index in [0.717, 1.165) is 54.3 Å². The van der Waals surface area contributed by atoms with E-state index in [2.05, 4.69) is 10.1 Å². The first-order chi connectivity index (χ1) is 16.8. The van der Waals surface area contributed by atoms with E-state index in [0.29, 0.717) is 0 Å². The third-order valence-electron chi connectivity index (χ3n) is 4.94. The molecule has 0 radical (unpaired) electrons. The van der Waals surface area contributed by atoms with E-state index in [1.165, 1.54) is 6.92 Å². The molecule has 0 unspecified atom stereocenters. The highest BCUT2D eigenvalue weighted by Crippen LogP contribution is 2.36. The number of nitrogens with one attached hydrogen (secondary N) is 1. The topological polar surface area (TPSA) is 179 Å². The predicted octanol–water partition coefficient (Wildman–Crippen LogP) is -0.680. The molecule has 0 saturated carbocycles. The Balaban J connectivity index is 3.79. The Labute approximate surface area is 207 Å². The molecule has 0 aromatic carbocycles. The summed E-state index contributed by atoms with van der Waals surface area (Å²) in [6.07, 6.45) is -4.33. The smallest absolute Gasteiger partial charge is 0.366 e. The van der Waals surface area contributed by atoms with Crippen LogP contribution in [-0.2, 0) is 61.9 Å². The van der Waals surface area contributed by atoms with Crippen LogP contribution in [0.4, 0.5) is 0 Å². The van der Waals surface area contributed by atoms with Gasteiger partial charge in [0.05, 0.1) is 26.7 Å². The number of methoxy groups -OCH3 is 3. The second-order valence-corrected chi connectivity index (χ2v) is 7.64. The summed E-state index contributed by atoms with van der Waals surface area (Å²) in [5.41, 5.74) is 0. The fraction of sp³-hybridized carbons (Fsp3) is 0.636. The molecule has 1 fully saturated rings. The molecule has 0 aromatic rings. The fourth-order valence-electron chi connectivity index (χ4n) is 3.62. The Morgan fingerprint density at radius 3 is 1.97 bits per heavy atom. The standard InChI is InChI=1S/C22H31NO13/c1-11(24)23-18-16(34-13(3)26)10-22(32-7,21(29)31-6)36-20(18)19(35-14(4)27)15(33-12(2)25)8-9-17(28)30-5/h8-9,15-16,18-20H,10H2,1-7H3,(H,23,24)/b9-8+/t15-,16+,18-,19-,20-,22+/m1/s1. The van der Waals surface area contributed by atoms with Crippen LogP contribution in [0, 0.1) is 0 Å². The Bertz CT molecular complexity index is 885. The van der Waals surface area contributed by atoms with E-state index in [1.807, 2.05) is 0 Å². The molecule has 6 atom stereocenters. The van der Waals surface area contributed by atoms with Crippen LogP contribution in [0.2, 0.25) is 0 Å². The van der Waals surface area contributed by atoms with Gasteiger partial charge in [0, 0.05) is 40.9 Å². The van der Waals surface area contributed by atoms with Gasteiger partial charge in [-0.25, -0.2) is 9.59 Å². The van der Waals surface area contributed by atoms with Crippen LogP contribution in [0.3, 0.4) is 0 Å². The molecule has 0 bridgehead atoms. The van der Waals surface area contributed by atoms with Gasteiger partial charge in [-0.15, -0.1) is 0 Å². The minimum atomic E-state index is -2.18. The monoisotopic (exact) mass is 517 g/mol. The van der Waals surface area contributed by atoms with E-state index in [-0.39, 0.29) is 0 Å². The molecule has 1 rings (SSSR count). The summed E-state index contributed by atoms with van der Waals surface area (Å²) in [6.45, 7) is 4.38. The van der Waals surface area contributed by atoms with Crippen molar-refractivity contribution in [3.63, 3.8) is 0 Å². The van der Waals surface area contributed by atoms with Gasteiger partial charge in [-0.1, -0.05) is 0 Å². The second kappa shape index (κ2) is 13.5. The minimum Gasteiger partial charge on any atom is -0.466 e. The van der Waals surface area contributed by atoms with Crippen LogP contribution in [-0.4, -0.2) is 93.3 Å². The molecule has 1 saturated heterocycles. The zero-order valence-electron chi connectivity index (χ0n) is 21.1. The molecule has 36 heavy (non-hydrogen) atoms. The second-order valence-electron chi connectivity index (χ2n) is 7.64. The lowest BCUT2D eigenvalue weighted by atomic mass is 9.87. The molecule has 1 heterocycles. The molecule has 14 nitrogen and oxygen atoms in total. The van der Waals surface area contributed by atoms with Crippen molar-refractivity contribution in [1.29, 1.82) is 0 Å². The maximum Gasteiger partial charge on any atom is 0.366 e. The third kappa shape index (κ3) is 8.30. The summed E-state index contributed by atoms with van der Waals surface area (Å²) in [4.78, 5) is 72.3. The van der Waals surface area contributed by atoms with Gasteiger partial charge in [-0.2, -0.15) is 0 Å². The van der Waals surface area contributed by atoms with Gasteiger partial charge in [-0.3, -0.25) is 19.2 Å². The van der Waals surface area contributed by atoms with E-state index in [1.54, 1.807) is 0 Å². The summed E-state index contributed by atoms with van der Waals surface area (Å²) >= 11 is 0. The van der Waals surface area contributed by atoms with Crippen molar-refractivity contribution < 1.29 is 61.9 Å². The highest BCUT2D eigenvalue weighted by Gasteiger charge is 2.58. The Hall–Kier alpha value is -3.52. The van der Waals surface area contributed by atoms with E-state index in [9.17, 15) is 28.8 Å². The van der Waals surface area contributed by atoms with E-state index < -0.39 is 78.4 Å². The van der Waals surface area contributed by atoms with Gasteiger partial charge in [-0.05, 0) is 6.08 Å². The van der Waals surface area contributed by atoms with Gasteiger partial charge in [0.15, 0.2) is 12.2 Å². The van der Waals surface area contributed by atoms with Gasteiger partial charge in [0.1, 0.15) is 12.2 Å². The number of hydrogen-bond acceptors (Lipinski definition) is 13. The van der Waals surface area contributed by atoms with Crippen LogP contribution >= 0.6 is 0 Å². The lowest BCUT2D eigenvalue weighted by Gasteiger charge is -2.48. The molecule has 0 aromatic heterocycles. The van der Waals surface area contributed by atoms with Crippen molar-refractivity contribution in [2.24, 2.45) is 0 Å². The number of rotatable bonds is 10. The first kappa shape index (κ1) is 30.5. The molecule has 1 aliphatic rings. The summed E-state index contributed by atoms with van der Waals surface area (Å²) in [5.74, 6) is -7.09. The van der Waals surface area contributed by atoms with Crippen molar-refractivity contribution in [2.45, 2.75) is 70.4 Å². The van der Waals surface area contributed by atoms with Crippen molar-refractivity contribution in [1.82, 2.24) is 5.32 Å². The minimum absolute atomic E-state index is 0.416. The normalized spacial score (nSPS) is 25.1. The summed E-state index contributed by atoms with van der Waals surface area (Å²) in [7, 11) is 3.30. The molecule has 1 aliphatic heterocycles. The maximum absolute atomic E-state index is 12.7. The van der Waals surface area contributed by atoms with Gasteiger partial charge in [0.2, 0.25) is 5.91 Å². The van der Waals surface area contributed by atoms with Crippen molar-refractivity contribution >= 4 is 35.8 Å². The molecule has 1 amide bonds. The predicted molar refractivity (Wildman–Crippen MR) is 117 cm³/mol. The molecule has 0 spiro atoms. The number of hydrogen-bond donors (Lipinski definition) is 1. The average molecular weight is 517 g/mol. The average Bonchev–Trinajstić information content (AvgIpc) is 2.79. The highest BCUT2D eigenvalue weighted by atomic mass is 16.7. The number of esters is 5. The van der Waals surface area contributed by atoms with Crippen LogP contribution in [0.5, 0.6) is 0 Å². The molecule has 1 N–H and O–H groups in total.